The number of hydrogen-bond acceptors (Lipinski definition) is 1. The third-order valence-corrected chi connectivity index (χ3v) is 3.08. The average Bonchev–Trinajstić information content (AvgIpc) is 2.42. The highest BCUT2D eigenvalue weighted by Crippen LogP contribution is 2.15. The summed E-state index contributed by atoms with van der Waals surface area (Å²) in [5, 5.41) is 0. The number of benzene rings is 1. The Balaban J connectivity index is 2.06. The lowest BCUT2D eigenvalue weighted by Gasteiger charge is -2.17. The van der Waals surface area contributed by atoms with Crippen molar-refractivity contribution in [3.8, 4) is 0 Å². The van der Waals surface area contributed by atoms with Crippen LogP contribution in [0.3, 0.4) is 0 Å². The number of halogens is 1. The largest absolute Gasteiger partial charge is 0.301 e. The van der Waals surface area contributed by atoms with Gasteiger partial charge in [0.1, 0.15) is 0 Å². The van der Waals surface area contributed by atoms with Gasteiger partial charge in [-0.1, -0.05) is 24.3 Å². The monoisotopic (exact) mass is 209 g/mol. The molecule has 0 atom stereocenters. The van der Waals surface area contributed by atoms with Crippen molar-refractivity contribution in [2.24, 2.45) is 0 Å². The summed E-state index contributed by atoms with van der Waals surface area (Å²) in [5.74, 6) is 0.746. The maximum absolute atomic E-state index is 5.76. The molecule has 1 aliphatic rings. The highest BCUT2D eigenvalue weighted by Gasteiger charge is 2.12. The molecular formula is C12H16ClN. The second kappa shape index (κ2) is 4.81. The van der Waals surface area contributed by atoms with E-state index in [0.717, 1.165) is 25.5 Å². The van der Waals surface area contributed by atoms with Crippen molar-refractivity contribution in [3.63, 3.8) is 0 Å². The zero-order chi connectivity index (χ0) is 9.80. The molecule has 0 N–H and O–H groups in total. The lowest BCUT2D eigenvalue weighted by Crippen LogP contribution is -2.28. The van der Waals surface area contributed by atoms with Gasteiger partial charge in [0.15, 0.2) is 0 Å². The Hall–Kier alpha value is -0.530. The van der Waals surface area contributed by atoms with Crippen LogP contribution in [0.25, 0.3) is 0 Å². The molecule has 0 bridgehead atoms. The van der Waals surface area contributed by atoms with Crippen LogP contribution in [-0.2, 0) is 12.8 Å². The quantitative estimate of drug-likeness (QED) is 0.676. The van der Waals surface area contributed by atoms with Crippen LogP contribution in [0.5, 0.6) is 0 Å². The Morgan fingerprint density at radius 3 is 2.14 bits per heavy atom. The van der Waals surface area contributed by atoms with Gasteiger partial charge in [0.2, 0.25) is 0 Å². The van der Waals surface area contributed by atoms with E-state index in [4.69, 9.17) is 11.6 Å². The Bertz CT molecular complexity index is 271. The molecule has 2 heteroatoms. The molecule has 14 heavy (non-hydrogen) atoms. The van der Waals surface area contributed by atoms with E-state index in [1.807, 2.05) is 0 Å². The highest BCUT2D eigenvalue weighted by molar-refractivity contribution is 6.18. The van der Waals surface area contributed by atoms with E-state index in [2.05, 4.69) is 29.2 Å². The number of rotatable bonds is 2. The predicted octanol–water partition coefficient (Wildman–Crippen LogP) is 2.33. The van der Waals surface area contributed by atoms with E-state index >= 15 is 0 Å². The molecule has 0 radical (unpaired) electrons. The first-order valence-corrected chi connectivity index (χ1v) is 5.78. The standard InChI is InChI=1S/C12H16ClN/c13-7-10-14-8-5-11-3-1-2-4-12(11)6-9-14/h1-4H,5-10H2. The van der Waals surface area contributed by atoms with Crippen LogP contribution in [0.2, 0.25) is 0 Å². The summed E-state index contributed by atoms with van der Waals surface area (Å²) in [6, 6.07) is 8.77. The topological polar surface area (TPSA) is 3.24 Å². The minimum atomic E-state index is 0.746. The summed E-state index contributed by atoms with van der Waals surface area (Å²) >= 11 is 5.76. The van der Waals surface area contributed by atoms with Gasteiger partial charge in [-0.15, -0.1) is 11.6 Å². The SMILES string of the molecule is ClCCN1CCc2ccccc2CC1. The zero-order valence-electron chi connectivity index (χ0n) is 8.38. The fourth-order valence-corrected chi connectivity index (χ4v) is 2.30. The molecule has 76 valence electrons. The molecule has 0 aromatic heterocycles. The lowest BCUT2D eigenvalue weighted by atomic mass is 10.0. The number of alkyl halides is 1. The maximum Gasteiger partial charge on any atom is 0.0351 e. The van der Waals surface area contributed by atoms with E-state index in [1.165, 1.54) is 24.0 Å². The van der Waals surface area contributed by atoms with Gasteiger partial charge < -0.3 is 4.90 Å². The van der Waals surface area contributed by atoms with Gasteiger partial charge in [0.05, 0.1) is 0 Å². The van der Waals surface area contributed by atoms with E-state index in [-0.39, 0.29) is 0 Å². The first kappa shape index (κ1) is 10.0. The van der Waals surface area contributed by atoms with Crippen LogP contribution in [0.4, 0.5) is 0 Å². The summed E-state index contributed by atoms with van der Waals surface area (Å²) in [4.78, 5) is 2.45. The molecule has 1 heterocycles. The molecule has 0 saturated heterocycles. The molecule has 1 aromatic rings. The van der Waals surface area contributed by atoms with Gasteiger partial charge in [-0.25, -0.2) is 0 Å². The summed E-state index contributed by atoms with van der Waals surface area (Å²) in [7, 11) is 0. The van der Waals surface area contributed by atoms with Crippen molar-refractivity contribution in [1.29, 1.82) is 0 Å². The van der Waals surface area contributed by atoms with Gasteiger partial charge in [-0.3, -0.25) is 0 Å². The zero-order valence-corrected chi connectivity index (χ0v) is 9.13. The van der Waals surface area contributed by atoms with Crippen molar-refractivity contribution in [2.45, 2.75) is 12.8 Å². The average molecular weight is 210 g/mol. The Morgan fingerprint density at radius 2 is 1.64 bits per heavy atom. The lowest BCUT2D eigenvalue weighted by molar-refractivity contribution is 0.305. The number of hydrogen-bond donors (Lipinski definition) is 0. The summed E-state index contributed by atoms with van der Waals surface area (Å²) in [6.07, 6.45) is 2.35. The molecule has 0 amide bonds. The van der Waals surface area contributed by atoms with Gasteiger partial charge >= 0.3 is 0 Å². The van der Waals surface area contributed by atoms with Gasteiger partial charge in [-0.2, -0.15) is 0 Å². The maximum atomic E-state index is 5.76. The Morgan fingerprint density at radius 1 is 1.07 bits per heavy atom. The van der Waals surface area contributed by atoms with Crippen molar-refractivity contribution < 1.29 is 0 Å². The van der Waals surface area contributed by atoms with Crippen molar-refractivity contribution in [3.05, 3.63) is 35.4 Å². The molecule has 1 nitrogen and oxygen atoms in total. The number of fused-ring (bicyclic) bond motifs is 1. The van der Waals surface area contributed by atoms with Gasteiger partial charge in [0, 0.05) is 25.5 Å². The Labute approximate surface area is 90.7 Å². The fraction of sp³-hybridized carbons (Fsp3) is 0.500. The predicted molar refractivity (Wildman–Crippen MR) is 61.0 cm³/mol. The van der Waals surface area contributed by atoms with Gasteiger partial charge in [0.25, 0.3) is 0 Å². The highest BCUT2D eigenvalue weighted by atomic mass is 35.5. The van der Waals surface area contributed by atoms with Crippen LogP contribution >= 0.6 is 11.6 Å². The van der Waals surface area contributed by atoms with E-state index < -0.39 is 0 Å². The van der Waals surface area contributed by atoms with Crippen LogP contribution in [0.1, 0.15) is 11.1 Å². The number of nitrogens with zero attached hydrogens (tertiary/aromatic N) is 1. The van der Waals surface area contributed by atoms with Crippen LogP contribution in [-0.4, -0.2) is 30.4 Å². The molecule has 1 aliphatic heterocycles. The van der Waals surface area contributed by atoms with E-state index in [0.29, 0.717) is 0 Å². The summed E-state index contributed by atoms with van der Waals surface area (Å²) in [6.45, 7) is 3.34. The Kier molecular flexibility index (Phi) is 3.44. The second-order valence-electron chi connectivity index (χ2n) is 3.80. The molecule has 0 aliphatic carbocycles. The van der Waals surface area contributed by atoms with Gasteiger partial charge in [-0.05, 0) is 24.0 Å². The van der Waals surface area contributed by atoms with Crippen molar-refractivity contribution >= 4 is 11.6 Å². The minimum absolute atomic E-state index is 0.746. The molecular weight excluding hydrogens is 194 g/mol. The van der Waals surface area contributed by atoms with Crippen molar-refractivity contribution in [2.75, 3.05) is 25.5 Å². The van der Waals surface area contributed by atoms with Crippen LogP contribution in [0, 0.1) is 0 Å². The smallest absolute Gasteiger partial charge is 0.0351 e. The first-order valence-electron chi connectivity index (χ1n) is 5.25. The molecule has 0 spiro atoms. The molecule has 0 unspecified atom stereocenters. The molecule has 1 aromatic carbocycles. The molecule has 0 fully saturated rings. The summed E-state index contributed by atoms with van der Waals surface area (Å²) in [5.41, 5.74) is 3.04. The van der Waals surface area contributed by atoms with Crippen LogP contribution in [0.15, 0.2) is 24.3 Å². The third kappa shape index (κ3) is 2.28. The van der Waals surface area contributed by atoms with E-state index in [9.17, 15) is 0 Å². The minimum Gasteiger partial charge on any atom is -0.301 e. The van der Waals surface area contributed by atoms with Crippen LogP contribution < -0.4 is 0 Å². The summed E-state index contributed by atoms with van der Waals surface area (Å²) < 4.78 is 0. The fourth-order valence-electron chi connectivity index (χ4n) is 2.06. The molecule has 2 rings (SSSR count). The second-order valence-corrected chi connectivity index (χ2v) is 4.18. The third-order valence-electron chi connectivity index (χ3n) is 2.91. The molecule has 0 saturated carbocycles. The van der Waals surface area contributed by atoms with E-state index in [1.54, 1.807) is 0 Å². The van der Waals surface area contributed by atoms with Crippen molar-refractivity contribution in [1.82, 2.24) is 4.90 Å². The first-order chi connectivity index (χ1) is 6.90. The normalized spacial score (nSPS) is 17.5.